The Kier molecular flexibility index (Phi) is 6.62. The van der Waals surface area contributed by atoms with Gasteiger partial charge in [-0.2, -0.15) is 13.1 Å². The second-order valence-corrected chi connectivity index (χ2v) is 10.5. The van der Waals surface area contributed by atoms with Crippen molar-refractivity contribution < 1.29 is 26.7 Å². The number of alkyl halides is 2. The van der Waals surface area contributed by atoms with E-state index >= 15 is 0 Å². The highest BCUT2D eigenvalue weighted by molar-refractivity contribution is 7.93. The monoisotopic (exact) mass is 454 g/mol. The summed E-state index contributed by atoms with van der Waals surface area (Å²) in [6.45, 7) is -1.46. The Hall–Kier alpha value is -2.00. The van der Waals surface area contributed by atoms with Crippen LogP contribution in [-0.4, -0.2) is 56.3 Å². The molecule has 2 fully saturated rings. The van der Waals surface area contributed by atoms with Crippen LogP contribution >= 0.6 is 0 Å². The van der Waals surface area contributed by atoms with Gasteiger partial charge in [0.2, 0.25) is 15.9 Å². The molecule has 4 rings (SSSR count). The van der Waals surface area contributed by atoms with Gasteiger partial charge in [-0.1, -0.05) is 18.9 Å². The number of halogens is 2. The van der Waals surface area contributed by atoms with Crippen LogP contribution in [0.1, 0.15) is 49.7 Å². The maximum Gasteiger partial charge on any atom is 0.387 e. The molecule has 0 N–H and O–H groups in total. The summed E-state index contributed by atoms with van der Waals surface area (Å²) >= 11 is 0. The highest BCUT2D eigenvalue weighted by Crippen LogP contribution is 2.32. The molecule has 1 saturated carbocycles. The predicted molar refractivity (Wildman–Crippen MR) is 113 cm³/mol. The van der Waals surface area contributed by atoms with E-state index in [2.05, 4.69) is 4.74 Å². The second-order valence-electron chi connectivity index (χ2n) is 8.49. The van der Waals surface area contributed by atoms with E-state index in [1.165, 1.54) is 29.3 Å². The van der Waals surface area contributed by atoms with Crippen LogP contribution in [0.15, 0.2) is 23.1 Å². The Morgan fingerprint density at radius 2 is 1.81 bits per heavy atom. The van der Waals surface area contributed by atoms with Gasteiger partial charge in [-0.25, -0.2) is 8.42 Å². The van der Waals surface area contributed by atoms with Crippen LogP contribution in [0.4, 0.5) is 8.78 Å². The van der Waals surface area contributed by atoms with E-state index < -0.39 is 16.6 Å². The van der Waals surface area contributed by atoms with E-state index in [1.54, 1.807) is 17.0 Å². The summed E-state index contributed by atoms with van der Waals surface area (Å²) in [7, 11) is -3.62. The van der Waals surface area contributed by atoms with E-state index in [0.717, 1.165) is 18.4 Å². The number of aryl methyl sites for hydroxylation is 1. The number of carbonyl (C=O) groups excluding carboxylic acids is 1. The Bertz CT molecular complexity index is 950. The summed E-state index contributed by atoms with van der Waals surface area (Å²) in [5, 5.41) is 0. The van der Waals surface area contributed by atoms with E-state index in [-0.39, 0.29) is 11.7 Å². The number of sulfonamides is 1. The van der Waals surface area contributed by atoms with E-state index in [4.69, 9.17) is 0 Å². The van der Waals surface area contributed by atoms with E-state index in [9.17, 15) is 22.0 Å². The molecule has 1 amide bonds. The lowest BCUT2D eigenvalue weighted by Gasteiger charge is -2.35. The second kappa shape index (κ2) is 9.24. The van der Waals surface area contributed by atoms with Crippen molar-refractivity contribution in [2.45, 2.75) is 51.6 Å². The lowest BCUT2D eigenvalue weighted by atomic mass is 9.97. The minimum atomic E-state index is -3.62. The van der Waals surface area contributed by atoms with Crippen molar-refractivity contribution in [3.63, 3.8) is 0 Å². The van der Waals surface area contributed by atoms with Gasteiger partial charge in [0.15, 0.2) is 0 Å². The molecule has 1 aromatic rings. The standard InChI is InChI=1S/C22H28F2N2O4S/c23-22(24)30-19-7-5-18-15-20(8-6-17(18)14-19)31(28,29)26-11-9-25(10-12-26)21(27)13-16-3-1-2-4-16/h5,7,14-16,22H,1-4,6,8-13H2. The van der Waals surface area contributed by atoms with Crippen LogP contribution in [0.3, 0.4) is 0 Å². The highest BCUT2D eigenvalue weighted by Gasteiger charge is 2.33. The lowest BCUT2D eigenvalue weighted by Crippen LogP contribution is -2.51. The van der Waals surface area contributed by atoms with Gasteiger partial charge in [0.25, 0.3) is 0 Å². The fourth-order valence-corrected chi connectivity index (χ4v) is 6.37. The lowest BCUT2D eigenvalue weighted by molar-refractivity contribution is -0.133. The zero-order chi connectivity index (χ0) is 22.0. The molecule has 0 aromatic heterocycles. The van der Waals surface area contributed by atoms with Crippen LogP contribution in [-0.2, 0) is 21.2 Å². The summed E-state index contributed by atoms with van der Waals surface area (Å²) in [6, 6.07) is 4.57. The number of piperazine rings is 1. The maximum atomic E-state index is 13.1. The topological polar surface area (TPSA) is 66.9 Å². The van der Waals surface area contributed by atoms with Gasteiger partial charge in [-0.15, -0.1) is 0 Å². The number of ether oxygens (including phenoxy) is 1. The molecule has 0 radical (unpaired) electrons. The minimum Gasteiger partial charge on any atom is -0.435 e. The van der Waals surface area contributed by atoms with Crippen molar-refractivity contribution in [2.24, 2.45) is 5.92 Å². The molecule has 0 spiro atoms. The van der Waals surface area contributed by atoms with Crippen LogP contribution in [0.2, 0.25) is 0 Å². The first-order valence-corrected chi connectivity index (χ1v) is 12.3. The zero-order valence-electron chi connectivity index (χ0n) is 17.4. The molecule has 1 aromatic carbocycles. The first kappa shape index (κ1) is 22.2. The molecule has 2 aliphatic carbocycles. The van der Waals surface area contributed by atoms with Crippen LogP contribution in [0, 0.1) is 5.92 Å². The van der Waals surface area contributed by atoms with Gasteiger partial charge < -0.3 is 9.64 Å². The maximum absolute atomic E-state index is 13.1. The van der Waals surface area contributed by atoms with E-state index in [0.29, 0.717) is 61.8 Å². The SMILES string of the molecule is O=C(CC1CCCC1)N1CCN(S(=O)(=O)C2=Cc3ccc(OC(F)F)cc3CC2)CC1. The summed E-state index contributed by atoms with van der Waals surface area (Å²) in [5.74, 6) is 0.691. The molecule has 1 heterocycles. The first-order chi connectivity index (χ1) is 14.8. The normalized spacial score (nSPS) is 20.6. The zero-order valence-corrected chi connectivity index (χ0v) is 18.3. The quantitative estimate of drug-likeness (QED) is 0.658. The molecular weight excluding hydrogens is 426 g/mol. The van der Waals surface area contributed by atoms with Crippen molar-refractivity contribution in [3.05, 3.63) is 34.2 Å². The molecule has 170 valence electrons. The van der Waals surface area contributed by atoms with Crippen molar-refractivity contribution in [1.29, 1.82) is 0 Å². The largest absolute Gasteiger partial charge is 0.435 e. The number of carbonyl (C=O) groups is 1. The fourth-order valence-electron chi connectivity index (χ4n) is 4.76. The van der Waals surface area contributed by atoms with Crippen molar-refractivity contribution in [3.8, 4) is 5.75 Å². The van der Waals surface area contributed by atoms with Gasteiger partial charge in [-0.3, -0.25) is 4.79 Å². The number of hydrogen-bond donors (Lipinski definition) is 0. The molecule has 0 bridgehead atoms. The number of hydrogen-bond acceptors (Lipinski definition) is 4. The van der Waals surface area contributed by atoms with Crippen LogP contribution in [0.25, 0.3) is 6.08 Å². The smallest absolute Gasteiger partial charge is 0.387 e. The Balaban J connectivity index is 1.39. The van der Waals surface area contributed by atoms with Gasteiger partial charge in [0.05, 0.1) is 4.91 Å². The van der Waals surface area contributed by atoms with Crippen molar-refractivity contribution >= 4 is 22.0 Å². The van der Waals surface area contributed by atoms with E-state index in [1.807, 2.05) is 0 Å². The summed E-state index contributed by atoms with van der Waals surface area (Å²) < 4.78 is 57.0. The number of benzene rings is 1. The van der Waals surface area contributed by atoms with Crippen molar-refractivity contribution in [2.75, 3.05) is 26.2 Å². The summed E-state index contributed by atoms with van der Waals surface area (Å²) in [5.41, 5.74) is 1.50. The number of rotatable bonds is 6. The first-order valence-electron chi connectivity index (χ1n) is 10.9. The molecule has 9 heteroatoms. The third kappa shape index (κ3) is 5.09. The van der Waals surface area contributed by atoms with Crippen molar-refractivity contribution in [1.82, 2.24) is 9.21 Å². The average molecular weight is 455 g/mol. The molecule has 31 heavy (non-hydrogen) atoms. The molecule has 3 aliphatic rings. The average Bonchev–Trinajstić information content (AvgIpc) is 3.26. The van der Waals surface area contributed by atoms with Crippen LogP contribution < -0.4 is 4.74 Å². The third-order valence-corrected chi connectivity index (χ3v) is 8.53. The number of amides is 1. The van der Waals surface area contributed by atoms with Crippen LogP contribution in [0.5, 0.6) is 5.75 Å². The molecular formula is C22H28F2N2O4S. The molecule has 1 aliphatic heterocycles. The Morgan fingerprint density at radius 3 is 2.48 bits per heavy atom. The predicted octanol–water partition coefficient (Wildman–Crippen LogP) is 3.63. The molecule has 6 nitrogen and oxygen atoms in total. The molecule has 1 saturated heterocycles. The number of allylic oxidation sites excluding steroid dienone is 1. The minimum absolute atomic E-state index is 0.0758. The van der Waals surface area contributed by atoms with Gasteiger partial charge >= 0.3 is 6.61 Å². The van der Waals surface area contributed by atoms with Gasteiger partial charge in [0.1, 0.15) is 5.75 Å². The fraction of sp³-hybridized carbons (Fsp3) is 0.591. The number of fused-ring (bicyclic) bond motifs is 1. The summed E-state index contributed by atoms with van der Waals surface area (Å²) in [6.07, 6.45) is 7.58. The molecule has 0 atom stereocenters. The third-order valence-electron chi connectivity index (χ3n) is 6.50. The number of nitrogens with zero attached hydrogens (tertiary/aromatic N) is 2. The Labute approximate surface area is 181 Å². The highest BCUT2D eigenvalue weighted by atomic mass is 32.2. The van der Waals surface area contributed by atoms with Gasteiger partial charge in [0, 0.05) is 32.6 Å². The van der Waals surface area contributed by atoms with Gasteiger partial charge in [-0.05, 0) is 60.9 Å². The Morgan fingerprint density at radius 1 is 1.10 bits per heavy atom. The molecule has 0 unspecified atom stereocenters. The summed E-state index contributed by atoms with van der Waals surface area (Å²) in [4.78, 5) is 14.7.